The van der Waals surface area contributed by atoms with Crippen LogP contribution in [-0.2, 0) is 10.0 Å². The fourth-order valence-corrected chi connectivity index (χ4v) is 4.91. The van der Waals surface area contributed by atoms with Crippen LogP contribution in [0, 0.1) is 6.92 Å². The number of thiazole rings is 1. The number of hydrogen-bond donors (Lipinski definition) is 2. The highest BCUT2D eigenvalue weighted by molar-refractivity contribution is 7.89. The van der Waals surface area contributed by atoms with E-state index in [0.29, 0.717) is 18.2 Å². The van der Waals surface area contributed by atoms with Crippen molar-refractivity contribution in [3.63, 3.8) is 0 Å². The van der Waals surface area contributed by atoms with Crippen LogP contribution in [0.1, 0.15) is 16.2 Å². The molecule has 130 valence electrons. The molecule has 1 fully saturated rings. The minimum atomic E-state index is -3.78. The standard InChI is InChI=1S/C12H15N5O5S2/c1-7-9(10(13)15-22-7)24(20,21)17-4-2-16(3-5-17)12-14-8(6-23-12)11(18)19/h6H,2-5H2,1H3,(H2,13,15)(H,18,19). The second-order valence-corrected chi connectivity index (χ2v) is 7.88. The van der Waals surface area contributed by atoms with Crippen molar-refractivity contribution >= 4 is 38.3 Å². The van der Waals surface area contributed by atoms with Crippen LogP contribution in [-0.4, -0.2) is 60.1 Å². The lowest BCUT2D eigenvalue weighted by Crippen LogP contribution is -2.48. The van der Waals surface area contributed by atoms with Crippen LogP contribution in [0.3, 0.4) is 0 Å². The van der Waals surface area contributed by atoms with E-state index < -0.39 is 16.0 Å². The van der Waals surface area contributed by atoms with Gasteiger partial charge in [0, 0.05) is 31.6 Å². The Hall–Kier alpha value is -2.18. The second kappa shape index (κ2) is 6.03. The summed E-state index contributed by atoms with van der Waals surface area (Å²) in [6, 6.07) is 0. The smallest absolute Gasteiger partial charge is 0.355 e. The van der Waals surface area contributed by atoms with Gasteiger partial charge in [-0.3, -0.25) is 0 Å². The maximum atomic E-state index is 12.7. The van der Waals surface area contributed by atoms with Crippen molar-refractivity contribution in [2.45, 2.75) is 11.8 Å². The predicted molar refractivity (Wildman–Crippen MR) is 85.7 cm³/mol. The highest BCUT2D eigenvalue weighted by Gasteiger charge is 2.34. The zero-order valence-corrected chi connectivity index (χ0v) is 14.3. The van der Waals surface area contributed by atoms with E-state index in [9.17, 15) is 13.2 Å². The first-order valence-corrected chi connectivity index (χ1v) is 9.28. The molecule has 3 heterocycles. The van der Waals surface area contributed by atoms with Crippen LogP contribution >= 0.6 is 11.3 Å². The molecule has 12 heteroatoms. The number of aromatic carboxylic acids is 1. The van der Waals surface area contributed by atoms with E-state index in [2.05, 4.69) is 10.1 Å². The van der Waals surface area contributed by atoms with Crippen LogP contribution in [0.4, 0.5) is 10.9 Å². The van der Waals surface area contributed by atoms with Gasteiger partial charge >= 0.3 is 5.97 Å². The van der Waals surface area contributed by atoms with Crippen molar-refractivity contribution in [2.24, 2.45) is 0 Å². The molecule has 3 N–H and O–H groups in total. The second-order valence-electron chi connectivity index (χ2n) is 5.16. The molecule has 24 heavy (non-hydrogen) atoms. The number of piperazine rings is 1. The molecule has 3 rings (SSSR count). The summed E-state index contributed by atoms with van der Waals surface area (Å²) >= 11 is 1.22. The van der Waals surface area contributed by atoms with Crippen LogP contribution < -0.4 is 10.6 Å². The van der Waals surface area contributed by atoms with Crippen LogP contribution in [0.2, 0.25) is 0 Å². The Bertz CT molecular complexity index is 847. The number of nitrogens with zero attached hydrogens (tertiary/aromatic N) is 4. The fourth-order valence-electron chi connectivity index (χ4n) is 2.45. The Labute approximate surface area is 141 Å². The molecule has 0 aromatic carbocycles. The average molecular weight is 373 g/mol. The molecule has 0 radical (unpaired) electrons. The molecule has 2 aromatic heterocycles. The van der Waals surface area contributed by atoms with E-state index in [1.165, 1.54) is 27.9 Å². The van der Waals surface area contributed by atoms with E-state index in [1.54, 1.807) is 0 Å². The minimum Gasteiger partial charge on any atom is -0.476 e. The number of carboxylic acids is 1. The molecular weight excluding hydrogens is 358 g/mol. The third kappa shape index (κ3) is 2.83. The van der Waals surface area contributed by atoms with Crippen LogP contribution in [0.15, 0.2) is 14.8 Å². The van der Waals surface area contributed by atoms with E-state index in [1.807, 2.05) is 4.90 Å². The zero-order valence-electron chi connectivity index (χ0n) is 12.7. The number of aryl methyl sites for hydroxylation is 1. The van der Waals surface area contributed by atoms with Gasteiger partial charge in [0.15, 0.2) is 27.3 Å². The molecule has 2 aromatic rings. The lowest BCUT2D eigenvalue weighted by molar-refractivity contribution is 0.0691. The number of nitrogen functional groups attached to an aromatic ring is 1. The van der Waals surface area contributed by atoms with Crippen molar-refractivity contribution in [3.05, 3.63) is 16.8 Å². The van der Waals surface area contributed by atoms with Crippen LogP contribution in [0.5, 0.6) is 0 Å². The first-order valence-electron chi connectivity index (χ1n) is 6.96. The Morgan fingerprint density at radius 3 is 2.54 bits per heavy atom. The maximum absolute atomic E-state index is 12.7. The summed E-state index contributed by atoms with van der Waals surface area (Å²) < 4.78 is 31.5. The first-order chi connectivity index (χ1) is 11.3. The highest BCUT2D eigenvalue weighted by Crippen LogP contribution is 2.28. The van der Waals surface area contributed by atoms with Gasteiger partial charge in [0.1, 0.15) is 0 Å². The Morgan fingerprint density at radius 2 is 2.04 bits per heavy atom. The number of sulfonamides is 1. The summed E-state index contributed by atoms with van der Waals surface area (Å²) in [5.74, 6) is -1.08. The quantitative estimate of drug-likeness (QED) is 0.769. The predicted octanol–water partition coefficient (Wildman–Crippen LogP) is 0.231. The summed E-state index contributed by atoms with van der Waals surface area (Å²) in [5.41, 5.74) is 5.58. The summed E-state index contributed by atoms with van der Waals surface area (Å²) in [6.45, 7) is 2.75. The summed E-state index contributed by atoms with van der Waals surface area (Å²) in [7, 11) is -3.78. The number of carboxylic acid groups (broad SMARTS) is 1. The molecule has 0 saturated carbocycles. The summed E-state index contributed by atoms with van der Waals surface area (Å²) in [5, 5.41) is 14.4. The van der Waals surface area contributed by atoms with Gasteiger partial charge in [-0.05, 0) is 6.92 Å². The molecule has 0 atom stereocenters. The number of hydrogen-bond acceptors (Lipinski definition) is 9. The van der Waals surface area contributed by atoms with Crippen molar-refractivity contribution in [2.75, 3.05) is 36.8 Å². The summed E-state index contributed by atoms with van der Waals surface area (Å²) in [4.78, 5) is 16.7. The molecular formula is C12H15N5O5S2. The third-order valence-electron chi connectivity index (χ3n) is 3.65. The van der Waals surface area contributed by atoms with E-state index >= 15 is 0 Å². The molecule has 0 aliphatic carbocycles. The molecule has 1 saturated heterocycles. The Balaban J connectivity index is 1.74. The summed E-state index contributed by atoms with van der Waals surface area (Å²) in [6.07, 6.45) is 0. The average Bonchev–Trinajstić information content (AvgIpc) is 3.15. The first kappa shape index (κ1) is 16.7. The zero-order chi connectivity index (χ0) is 17.5. The van der Waals surface area contributed by atoms with Crippen molar-refractivity contribution in [1.82, 2.24) is 14.4 Å². The van der Waals surface area contributed by atoms with Gasteiger partial charge in [-0.15, -0.1) is 11.3 Å². The molecule has 10 nitrogen and oxygen atoms in total. The minimum absolute atomic E-state index is 0.0158. The normalized spacial score (nSPS) is 16.5. The van der Waals surface area contributed by atoms with Gasteiger partial charge in [0.25, 0.3) is 0 Å². The lowest BCUT2D eigenvalue weighted by Gasteiger charge is -2.33. The SMILES string of the molecule is Cc1onc(N)c1S(=O)(=O)N1CCN(c2nc(C(=O)O)cs2)CC1. The molecule has 1 aliphatic rings. The van der Waals surface area contributed by atoms with Crippen molar-refractivity contribution in [1.29, 1.82) is 0 Å². The van der Waals surface area contributed by atoms with E-state index in [-0.39, 0.29) is 35.3 Å². The van der Waals surface area contributed by atoms with Crippen molar-refractivity contribution in [3.8, 4) is 0 Å². The topological polar surface area (TPSA) is 143 Å². The monoisotopic (exact) mass is 373 g/mol. The van der Waals surface area contributed by atoms with Gasteiger partial charge in [-0.1, -0.05) is 5.16 Å². The number of nitrogens with two attached hydrogens (primary N) is 1. The molecule has 0 unspecified atom stereocenters. The number of rotatable bonds is 4. The van der Waals surface area contributed by atoms with Crippen molar-refractivity contribution < 1.29 is 22.8 Å². The Kier molecular flexibility index (Phi) is 4.19. The third-order valence-corrected chi connectivity index (χ3v) is 6.61. The van der Waals surface area contributed by atoms with E-state index in [0.717, 1.165) is 0 Å². The van der Waals surface area contributed by atoms with Gasteiger partial charge in [-0.2, -0.15) is 4.31 Å². The maximum Gasteiger partial charge on any atom is 0.355 e. The van der Waals surface area contributed by atoms with E-state index in [4.69, 9.17) is 15.4 Å². The van der Waals surface area contributed by atoms with Gasteiger partial charge in [0.05, 0.1) is 0 Å². The van der Waals surface area contributed by atoms with Gasteiger partial charge in [0.2, 0.25) is 10.0 Å². The lowest BCUT2D eigenvalue weighted by atomic mass is 10.4. The molecule has 1 aliphatic heterocycles. The molecule has 0 amide bonds. The van der Waals surface area contributed by atoms with Gasteiger partial charge < -0.3 is 20.3 Å². The van der Waals surface area contributed by atoms with Crippen LogP contribution in [0.25, 0.3) is 0 Å². The number of anilines is 2. The molecule has 0 spiro atoms. The Morgan fingerprint density at radius 1 is 1.38 bits per heavy atom. The largest absolute Gasteiger partial charge is 0.476 e. The fraction of sp³-hybridized carbons (Fsp3) is 0.417. The van der Waals surface area contributed by atoms with Gasteiger partial charge in [-0.25, -0.2) is 18.2 Å². The number of carbonyl (C=O) groups is 1. The number of aromatic nitrogens is 2. The highest BCUT2D eigenvalue weighted by atomic mass is 32.2. The molecule has 0 bridgehead atoms.